The van der Waals surface area contributed by atoms with E-state index in [0.29, 0.717) is 6.54 Å². The van der Waals surface area contributed by atoms with E-state index in [0.717, 1.165) is 24.0 Å². The molecule has 0 bridgehead atoms. The average Bonchev–Trinajstić information content (AvgIpc) is 2.95. The van der Waals surface area contributed by atoms with Crippen molar-refractivity contribution in [3.8, 4) is 0 Å². The number of rotatable bonds is 3. The van der Waals surface area contributed by atoms with E-state index in [1.54, 1.807) is 0 Å². The maximum atomic E-state index is 9.93. The van der Waals surface area contributed by atoms with Crippen LogP contribution in [0.2, 0.25) is 0 Å². The molecule has 3 nitrogen and oxygen atoms in total. The van der Waals surface area contributed by atoms with Gasteiger partial charge in [-0.25, -0.2) is 9.79 Å². The van der Waals surface area contributed by atoms with Crippen molar-refractivity contribution in [1.29, 1.82) is 0 Å². The Morgan fingerprint density at radius 1 is 1.50 bits per heavy atom. The van der Waals surface area contributed by atoms with Crippen molar-refractivity contribution in [3.05, 3.63) is 35.4 Å². The van der Waals surface area contributed by atoms with E-state index in [-0.39, 0.29) is 0 Å². The summed E-state index contributed by atoms with van der Waals surface area (Å²) in [6.07, 6.45) is 3.16. The molecule has 0 aromatic heterocycles. The smallest absolute Gasteiger partial charge is 0.235 e. The Balaban J connectivity index is 2.22. The highest BCUT2D eigenvalue weighted by Crippen LogP contribution is 2.45. The lowest BCUT2D eigenvalue weighted by molar-refractivity contribution is 0.151. The molecule has 0 aliphatic heterocycles. The van der Waals surface area contributed by atoms with Crippen molar-refractivity contribution < 1.29 is 9.90 Å². The predicted octanol–water partition coefficient (Wildman–Crippen LogP) is 1.50. The Kier molecular flexibility index (Phi) is 2.20. The van der Waals surface area contributed by atoms with E-state index in [9.17, 15) is 9.90 Å². The van der Waals surface area contributed by atoms with Gasteiger partial charge in [-0.1, -0.05) is 24.3 Å². The fourth-order valence-corrected chi connectivity index (χ4v) is 1.49. The summed E-state index contributed by atoms with van der Waals surface area (Å²) in [5.74, 6) is 0. The quantitative estimate of drug-likeness (QED) is 0.578. The van der Waals surface area contributed by atoms with Gasteiger partial charge < -0.3 is 5.11 Å². The molecular weight excluding hydrogens is 178 g/mol. The van der Waals surface area contributed by atoms with Crippen LogP contribution in [0.1, 0.15) is 24.0 Å². The monoisotopic (exact) mass is 189 g/mol. The van der Waals surface area contributed by atoms with Crippen LogP contribution in [0.15, 0.2) is 29.3 Å². The first kappa shape index (κ1) is 9.13. The maximum Gasteiger partial charge on any atom is 0.235 e. The minimum atomic E-state index is -0.610. The molecule has 1 aliphatic rings. The molecule has 1 aromatic rings. The van der Waals surface area contributed by atoms with Crippen LogP contribution in [0, 0.1) is 0 Å². The summed E-state index contributed by atoms with van der Waals surface area (Å²) in [6, 6.07) is 7.56. The average molecular weight is 189 g/mol. The number of aliphatic imine (C=N–C) groups is 1. The lowest BCUT2D eigenvalue weighted by Crippen LogP contribution is -2.04. The van der Waals surface area contributed by atoms with Gasteiger partial charge >= 0.3 is 0 Å². The fraction of sp³-hybridized carbons (Fsp3) is 0.364. The van der Waals surface area contributed by atoms with Crippen molar-refractivity contribution >= 4 is 6.08 Å². The summed E-state index contributed by atoms with van der Waals surface area (Å²) in [5.41, 5.74) is 1.25. The number of hydrogen-bond acceptors (Lipinski definition) is 3. The van der Waals surface area contributed by atoms with Crippen LogP contribution in [-0.4, -0.2) is 11.2 Å². The lowest BCUT2D eigenvalue weighted by atomic mass is 10.0. The maximum absolute atomic E-state index is 9.93. The van der Waals surface area contributed by atoms with Crippen LogP contribution in [0.4, 0.5) is 0 Å². The van der Waals surface area contributed by atoms with Crippen molar-refractivity contribution in [3.63, 3.8) is 0 Å². The predicted molar refractivity (Wildman–Crippen MR) is 51.4 cm³/mol. The summed E-state index contributed by atoms with van der Waals surface area (Å²) < 4.78 is 0. The second-order valence-electron chi connectivity index (χ2n) is 3.64. The van der Waals surface area contributed by atoms with Crippen molar-refractivity contribution in [2.75, 3.05) is 0 Å². The van der Waals surface area contributed by atoms with Gasteiger partial charge in [0.1, 0.15) is 0 Å². The molecule has 0 spiro atoms. The van der Waals surface area contributed by atoms with Gasteiger partial charge in [0.15, 0.2) is 0 Å². The highest BCUT2D eigenvalue weighted by molar-refractivity contribution is 5.35. The molecule has 0 amide bonds. The number of isocyanates is 1. The summed E-state index contributed by atoms with van der Waals surface area (Å²) >= 11 is 0. The molecule has 0 atom stereocenters. The van der Waals surface area contributed by atoms with E-state index in [2.05, 4.69) is 4.99 Å². The standard InChI is InChI=1S/C11H11NO2/c13-8-12-7-9-2-1-3-10(6-9)11(14)4-5-11/h1-3,6,14H,4-5,7H2. The summed E-state index contributed by atoms with van der Waals surface area (Å²) in [4.78, 5) is 13.4. The van der Waals surface area contributed by atoms with E-state index in [4.69, 9.17) is 0 Å². The summed E-state index contributed by atoms with van der Waals surface area (Å²) in [7, 11) is 0. The highest BCUT2D eigenvalue weighted by Gasteiger charge is 2.41. The SMILES string of the molecule is O=C=NCc1cccc(C2(O)CC2)c1. The van der Waals surface area contributed by atoms with Gasteiger partial charge in [-0.2, -0.15) is 0 Å². The number of hydrogen-bond donors (Lipinski definition) is 1. The second kappa shape index (κ2) is 3.37. The molecule has 3 heteroatoms. The zero-order valence-electron chi connectivity index (χ0n) is 7.73. The van der Waals surface area contributed by atoms with Gasteiger partial charge in [0.25, 0.3) is 0 Å². The van der Waals surface area contributed by atoms with Gasteiger partial charge in [-0.15, -0.1) is 0 Å². The molecule has 0 unspecified atom stereocenters. The molecule has 1 N–H and O–H groups in total. The third-order valence-corrected chi connectivity index (χ3v) is 2.51. The van der Waals surface area contributed by atoms with Crippen LogP contribution in [0.3, 0.4) is 0 Å². The molecule has 1 fully saturated rings. The molecule has 72 valence electrons. The highest BCUT2D eigenvalue weighted by atomic mass is 16.3. The lowest BCUT2D eigenvalue weighted by Gasteiger charge is -2.08. The number of aliphatic hydroxyl groups is 1. The van der Waals surface area contributed by atoms with Crippen molar-refractivity contribution in [2.45, 2.75) is 25.0 Å². The largest absolute Gasteiger partial charge is 0.385 e. The Bertz CT molecular complexity index is 390. The summed E-state index contributed by atoms with van der Waals surface area (Å²) in [5, 5.41) is 9.84. The first-order valence-electron chi connectivity index (χ1n) is 4.60. The van der Waals surface area contributed by atoms with Crippen LogP contribution in [-0.2, 0) is 16.9 Å². The Morgan fingerprint density at radius 3 is 2.93 bits per heavy atom. The minimum absolute atomic E-state index is 0.341. The first-order chi connectivity index (χ1) is 6.74. The second-order valence-corrected chi connectivity index (χ2v) is 3.64. The van der Waals surface area contributed by atoms with Gasteiger partial charge in [-0.05, 0) is 24.0 Å². The van der Waals surface area contributed by atoms with Crippen molar-refractivity contribution in [2.24, 2.45) is 4.99 Å². The van der Waals surface area contributed by atoms with E-state index >= 15 is 0 Å². The van der Waals surface area contributed by atoms with Crippen molar-refractivity contribution in [1.82, 2.24) is 0 Å². The molecular formula is C11H11NO2. The molecule has 0 saturated heterocycles. The van der Waals surface area contributed by atoms with E-state index in [1.165, 1.54) is 6.08 Å². The first-order valence-corrected chi connectivity index (χ1v) is 4.60. The molecule has 14 heavy (non-hydrogen) atoms. The fourth-order valence-electron chi connectivity index (χ4n) is 1.49. The Morgan fingerprint density at radius 2 is 2.29 bits per heavy atom. The number of benzene rings is 1. The molecule has 2 rings (SSSR count). The Labute approximate surface area is 82.1 Å². The van der Waals surface area contributed by atoms with E-state index < -0.39 is 5.60 Å². The summed E-state index contributed by atoms with van der Waals surface area (Å²) in [6.45, 7) is 0.341. The minimum Gasteiger partial charge on any atom is -0.385 e. The molecule has 0 heterocycles. The topological polar surface area (TPSA) is 49.7 Å². The molecule has 0 radical (unpaired) electrons. The number of nitrogens with zero attached hydrogens (tertiary/aromatic N) is 1. The van der Waals surface area contributed by atoms with Crippen LogP contribution in [0.5, 0.6) is 0 Å². The van der Waals surface area contributed by atoms with Crippen LogP contribution >= 0.6 is 0 Å². The Hall–Kier alpha value is -1.44. The van der Waals surface area contributed by atoms with Crippen LogP contribution < -0.4 is 0 Å². The van der Waals surface area contributed by atoms with Gasteiger partial charge in [-0.3, -0.25) is 0 Å². The molecule has 1 aliphatic carbocycles. The zero-order chi connectivity index (χ0) is 10.0. The third-order valence-electron chi connectivity index (χ3n) is 2.51. The van der Waals surface area contributed by atoms with Gasteiger partial charge in [0.05, 0.1) is 12.1 Å². The molecule has 1 aromatic carbocycles. The zero-order valence-corrected chi connectivity index (χ0v) is 7.73. The van der Waals surface area contributed by atoms with E-state index in [1.807, 2.05) is 24.3 Å². The van der Waals surface area contributed by atoms with Crippen LogP contribution in [0.25, 0.3) is 0 Å². The normalized spacial score (nSPS) is 17.2. The number of carbonyl (C=O) groups excluding carboxylic acids is 1. The van der Waals surface area contributed by atoms with Gasteiger partial charge in [0.2, 0.25) is 6.08 Å². The van der Waals surface area contributed by atoms with Gasteiger partial charge in [0, 0.05) is 0 Å². The third kappa shape index (κ3) is 1.74. The molecule has 1 saturated carbocycles.